The van der Waals surface area contributed by atoms with Crippen molar-refractivity contribution in [2.45, 2.75) is 59.1 Å². The van der Waals surface area contributed by atoms with Gasteiger partial charge in [0.2, 0.25) is 10.9 Å². The average molecular weight is 595 g/mol. The number of pyridine rings is 1. The summed E-state index contributed by atoms with van der Waals surface area (Å²) in [5.74, 6) is 0.0622. The Balaban J connectivity index is 0.000000763. The smallest absolute Gasteiger partial charge is 0.274 e. The number of hydrogen-bond acceptors (Lipinski definition) is 9. The molecule has 0 bridgehead atoms. The van der Waals surface area contributed by atoms with Crippen LogP contribution in [0.25, 0.3) is 10.6 Å². The van der Waals surface area contributed by atoms with E-state index in [0.717, 1.165) is 56.7 Å². The number of nitriles is 1. The van der Waals surface area contributed by atoms with Crippen molar-refractivity contribution in [2.24, 2.45) is 5.41 Å². The SMILES string of the molecule is CC.CC#N.CCOc1ncccc1-c1nc(C(=O)NC2CCNC2)c(OC2CC3(C2)CN(c2ccc(F)cc2)C3)s1. The van der Waals surface area contributed by atoms with E-state index in [1.54, 1.807) is 12.3 Å². The lowest BCUT2D eigenvalue weighted by molar-refractivity contribution is -0.0325. The molecule has 9 nitrogen and oxygen atoms in total. The van der Waals surface area contributed by atoms with Gasteiger partial charge in [-0.25, -0.2) is 14.4 Å². The van der Waals surface area contributed by atoms with Crippen LogP contribution in [0.15, 0.2) is 42.6 Å². The lowest BCUT2D eigenvalue weighted by atomic mass is 9.61. The first-order chi connectivity index (χ1) is 20.4. The standard InChI is InChI=1S/C27H30FN5O3S.C2H3N.C2H6/c1-2-35-24-21(4-3-10-30-24)25-32-22(23(34)31-18-9-11-29-14-18)26(37-25)36-20-12-27(13-20)15-33(16-27)19-7-5-17(28)6-8-19;1-2-3;1-2/h3-8,10,18,20,29H,2,9,11-16H2,1H3,(H,31,34);1H3;1-2H3. The summed E-state index contributed by atoms with van der Waals surface area (Å²) < 4.78 is 25.4. The zero-order valence-corrected chi connectivity index (χ0v) is 25.5. The van der Waals surface area contributed by atoms with Gasteiger partial charge in [0, 0.05) is 49.9 Å². The second-order valence-electron chi connectivity index (χ2n) is 10.3. The Morgan fingerprint density at radius 1 is 1.26 bits per heavy atom. The fourth-order valence-electron chi connectivity index (χ4n) is 5.48. The van der Waals surface area contributed by atoms with Gasteiger partial charge in [-0.05, 0) is 69.1 Å². The van der Waals surface area contributed by atoms with Crippen LogP contribution in [0.3, 0.4) is 0 Å². The molecule has 1 unspecified atom stereocenters. The highest BCUT2D eigenvalue weighted by Gasteiger charge is 2.53. The maximum absolute atomic E-state index is 13.3. The molecule has 2 aliphatic heterocycles. The molecule has 1 amide bonds. The van der Waals surface area contributed by atoms with Gasteiger partial charge in [-0.3, -0.25) is 4.79 Å². The third-order valence-corrected chi connectivity index (χ3v) is 8.31. The molecule has 42 heavy (non-hydrogen) atoms. The molecule has 224 valence electrons. The number of rotatable bonds is 8. The van der Waals surface area contributed by atoms with Crippen molar-refractivity contribution in [3.63, 3.8) is 0 Å². The van der Waals surface area contributed by atoms with E-state index in [4.69, 9.17) is 19.7 Å². The Labute approximate surface area is 251 Å². The van der Waals surface area contributed by atoms with E-state index in [2.05, 4.69) is 20.5 Å². The molecule has 3 aromatic rings. The highest BCUT2D eigenvalue weighted by atomic mass is 32.1. The Hall–Kier alpha value is -3.75. The monoisotopic (exact) mass is 594 g/mol. The fraction of sp³-hybridized carbons (Fsp3) is 0.484. The van der Waals surface area contributed by atoms with Crippen molar-refractivity contribution in [3.05, 3.63) is 54.1 Å². The second-order valence-corrected chi connectivity index (χ2v) is 11.3. The van der Waals surface area contributed by atoms with E-state index in [1.807, 2.05) is 45.0 Å². The Morgan fingerprint density at radius 2 is 1.98 bits per heavy atom. The van der Waals surface area contributed by atoms with Crippen molar-refractivity contribution in [1.29, 1.82) is 5.26 Å². The summed E-state index contributed by atoms with van der Waals surface area (Å²) in [7, 11) is 0. The maximum Gasteiger partial charge on any atom is 0.274 e. The number of thiazole rings is 1. The first kappa shape index (κ1) is 31.2. The molecule has 1 aromatic carbocycles. The topological polar surface area (TPSA) is 112 Å². The van der Waals surface area contributed by atoms with Gasteiger partial charge in [-0.1, -0.05) is 25.2 Å². The fourth-order valence-corrected chi connectivity index (χ4v) is 6.48. The van der Waals surface area contributed by atoms with Crippen LogP contribution < -0.4 is 25.0 Å². The van der Waals surface area contributed by atoms with Crippen molar-refractivity contribution in [3.8, 4) is 27.6 Å². The third-order valence-electron chi connectivity index (χ3n) is 7.33. The average Bonchev–Trinajstić information content (AvgIpc) is 3.62. The van der Waals surface area contributed by atoms with Gasteiger partial charge in [-0.2, -0.15) is 5.26 Å². The van der Waals surface area contributed by atoms with Gasteiger partial charge < -0.3 is 25.0 Å². The van der Waals surface area contributed by atoms with Crippen LogP contribution in [0.4, 0.5) is 10.1 Å². The van der Waals surface area contributed by atoms with Crippen LogP contribution >= 0.6 is 11.3 Å². The van der Waals surface area contributed by atoms with E-state index in [-0.39, 0.29) is 29.3 Å². The summed E-state index contributed by atoms with van der Waals surface area (Å²) in [6, 6.07) is 12.2. The molecule has 1 spiro atoms. The minimum Gasteiger partial charge on any atom is -0.479 e. The molecule has 2 saturated heterocycles. The number of anilines is 1. The summed E-state index contributed by atoms with van der Waals surface area (Å²) in [5, 5.41) is 14.9. The van der Waals surface area contributed by atoms with E-state index < -0.39 is 0 Å². The number of nitrogens with zero attached hydrogens (tertiary/aromatic N) is 4. The van der Waals surface area contributed by atoms with Gasteiger partial charge in [0.25, 0.3) is 5.91 Å². The number of aromatic nitrogens is 2. The third kappa shape index (κ3) is 7.17. The van der Waals surface area contributed by atoms with Crippen LogP contribution in [0.1, 0.15) is 57.4 Å². The molecule has 1 aliphatic carbocycles. The van der Waals surface area contributed by atoms with Gasteiger partial charge in [0.1, 0.15) is 16.9 Å². The van der Waals surface area contributed by atoms with E-state index >= 15 is 0 Å². The molecule has 0 radical (unpaired) electrons. The Bertz CT molecular complexity index is 1360. The van der Waals surface area contributed by atoms with Crippen molar-refractivity contribution < 1.29 is 18.7 Å². The zero-order valence-electron chi connectivity index (χ0n) is 24.7. The Kier molecular flexibility index (Phi) is 10.7. The molecule has 1 atom stereocenters. The summed E-state index contributed by atoms with van der Waals surface area (Å²) in [6.45, 7) is 11.3. The number of hydrogen-bond donors (Lipinski definition) is 2. The molecule has 3 fully saturated rings. The minimum absolute atomic E-state index is 0.0311. The maximum atomic E-state index is 13.3. The first-order valence-electron chi connectivity index (χ1n) is 14.5. The predicted molar refractivity (Wildman–Crippen MR) is 163 cm³/mol. The molecule has 3 aliphatic rings. The molecule has 4 heterocycles. The normalized spacial score (nSPS) is 18.3. The zero-order chi connectivity index (χ0) is 30.1. The van der Waals surface area contributed by atoms with Crippen LogP contribution in [0, 0.1) is 22.6 Å². The van der Waals surface area contributed by atoms with Crippen LogP contribution in [0.2, 0.25) is 0 Å². The lowest BCUT2D eigenvalue weighted by Crippen LogP contribution is -2.64. The molecule has 6 rings (SSSR count). The van der Waals surface area contributed by atoms with Crippen molar-refractivity contribution >= 4 is 22.9 Å². The Morgan fingerprint density at radius 3 is 2.62 bits per heavy atom. The van der Waals surface area contributed by atoms with E-state index in [9.17, 15) is 9.18 Å². The molecule has 2 aromatic heterocycles. The largest absolute Gasteiger partial charge is 0.479 e. The van der Waals surface area contributed by atoms with E-state index in [1.165, 1.54) is 30.4 Å². The molecular weight excluding hydrogens is 555 g/mol. The number of benzene rings is 1. The number of amides is 1. The van der Waals surface area contributed by atoms with Crippen LogP contribution in [-0.4, -0.2) is 60.8 Å². The van der Waals surface area contributed by atoms with Gasteiger partial charge >= 0.3 is 0 Å². The highest BCUT2D eigenvalue weighted by Crippen LogP contribution is 2.51. The molecular formula is C31H39FN6O3S. The predicted octanol–water partition coefficient (Wildman–Crippen LogP) is 5.44. The van der Waals surface area contributed by atoms with Gasteiger partial charge in [-0.15, -0.1) is 0 Å². The number of halogens is 1. The summed E-state index contributed by atoms with van der Waals surface area (Å²) in [4.78, 5) is 24.6. The number of nitrogens with one attached hydrogen (secondary N) is 2. The minimum atomic E-state index is -0.219. The number of carbonyl (C=O) groups excluding carboxylic acids is 1. The number of carbonyl (C=O) groups is 1. The van der Waals surface area contributed by atoms with Crippen molar-refractivity contribution in [2.75, 3.05) is 37.7 Å². The van der Waals surface area contributed by atoms with Crippen molar-refractivity contribution in [1.82, 2.24) is 20.6 Å². The van der Waals surface area contributed by atoms with E-state index in [0.29, 0.717) is 28.3 Å². The molecule has 2 N–H and O–H groups in total. The summed E-state index contributed by atoms with van der Waals surface area (Å²) in [6.07, 6.45) is 4.45. The number of ether oxygens (including phenoxy) is 2. The lowest BCUT2D eigenvalue weighted by Gasteiger charge is -2.59. The highest BCUT2D eigenvalue weighted by molar-refractivity contribution is 7.17. The molecule has 1 saturated carbocycles. The van der Waals surface area contributed by atoms with Gasteiger partial charge in [0.15, 0.2) is 5.69 Å². The molecule has 11 heteroatoms. The van der Waals surface area contributed by atoms with Crippen LogP contribution in [-0.2, 0) is 0 Å². The summed E-state index contributed by atoms with van der Waals surface area (Å²) in [5.41, 5.74) is 2.33. The van der Waals surface area contributed by atoms with Gasteiger partial charge in [0.05, 0.1) is 18.2 Å². The summed E-state index contributed by atoms with van der Waals surface area (Å²) >= 11 is 1.37. The second kappa shape index (κ2) is 14.4. The first-order valence-corrected chi connectivity index (χ1v) is 15.3. The van der Waals surface area contributed by atoms with Crippen LogP contribution in [0.5, 0.6) is 10.9 Å². The quantitative estimate of drug-likeness (QED) is 0.355.